The van der Waals surface area contributed by atoms with Crippen molar-refractivity contribution in [3.05, 3.63) is 0 Å². The summed E-state index contributed by atoms with van der Waals surface area (Å²) in [5.41, 5.74) is 5.70. The number of hydrogen-bond acceptors (Lipinski definition) is 2. The lowest BCUT2D eigenvalue weighted by molar-refractivity contribution is -0.127. The third-order valence-corrected chi connectivity index (χ3v) is 4.34. The van der Waals surface area contributed by atoms with Gasteiger partial charge in [0.25, 0.3) is 0 Å². The van der Waals surface area contributed by atoms with Gasteiger partial charge in [-0.15, -0.1) is 0 Å². The molecule has 0 saturated heterocycles. The molecular formula is C13H24N2O. The molecule has 2 unspecified atom stereocenters. The zero-order chi connectivity index (χ0) is 11.8. The van der Waals surface area contributed by atoms with Crippen molar-refractivity contribution in [3.8, 4) is 0 Å². The average Bonchev–Trinajstić information content (AvgIpc) is 2.96. The van der Waals surface area contributed by atoms with Gasteiger partial charge in [-0.05, 0) is 57.9 Å². The minimum atomic E-state index is -0.0151. The van der Waals surface area contributed by atoms with E-state index in [9.17, 15) is 4.79 Å². The fourth-order valence-corrected chi connectivity index (χ4v) is 2.98. The van der Waals surface area contributed by atoms with Crippen LogP contribution >= 0.6 is 0 Å². The highest BCUT2D eigenvalue weighted by Crippen LogP contribution is 2.40. The van der Waals surface area contributed by atoms with E-state index in [2.05, 4.69) is 19.2 Å². The molecule has 3 heteroatoms. The van der Waals surface area contributed by atoms with E-state index in [-0.39, 0.29) is 17.4 Å². The first-order valence-corrected chi connectivity index (χ1v) is 6.56. The van der Waals surface area contributed by atoms with Gasteiger partial charge in [-0.1, -0.05) is 6.42 Å². The number of amides is 1. The molecule has 1 amide bonds. The van der Waals surface area contributed by atoms with E-state index in [4.69, 9.17) is 5.73 Å². The van der Waals surface area contributed by atoms with Crippen LogP contribution in [0.15, 0.2) is 0 Å². The van der Waals surface area contributed by atoms with Crippen molar-refractivity contribution >= 4 is 5.91 Å². The molecule has 0 bridgehead atoms. The number of carbonyl (C=O) groups excluding carboxylic acids is 1. The van der Waals surface area contributed by atoms with Crippen molar-refractivity contribution < 1.29 is 4.79 Å². The molecule has 0 aromatic carbocycles. The highest BCUT2D eigenvalue weighted by atomic mass is 16.2. The molecule has 3 N–H and O–H groups in total. The molecule has 2 aliphatic rings. The lowest BCUT2D eigenvalue weighted by Crippen LogP contribution is -2.48. The Bertz CT molecular complexity index is 271. The quantitative estimate of drug-likeness (QED) is 0.763. The summed E-state index contributed by atoms with van der Waals surface area (Å²) in [7, 11) is 0. The largest absolute Gasteiger partial charge is 0.351 e. The number of nitrogens with one attached hydrogen (secondary N) is 1. The first kappa shape index (κ1) is 11.9. The van der Waals surface area contributed by atoms with Gasteiger partial charge in [0.2, 0.25) is 5.91 Å². The summed E-state index contributed by atoms with van der Waals surface area (Å²) in [6.45, 7) is 4.95. The Morgan fingerprint density at radius 1 is 1.31 bits per heavy atom. The van der Waals surface area contributed by atoms with Crippen LogP contribution in [0.2, 0.25) is 0 Å². The fraction of sp³-hybridized carbons (Fsp3) is 0.923. The second kappa shape index (κ2) is 4.36. The summed E-state index contributed by atoms with van der Waals surface area (Å²) < 4.78 is 0. The zero-order valence-electron chi connectivity index (χ0n) is 10.5. The lowest BCUT2D eigenvalue weighted by Gasteiger charge is -2.29. The maximum absolute atomic E-state index is 12.2. The second-order valence-electron chi connectivity index (χ2n) is 6.02. The molecule has 0 heterocycles. The Hall–Kier alpha value is -0.570. The number of carbonyl (C=O) groups is 1. The van der Waals surface area contributed by atoms with Crippen molar-refractivity contribution in [1.29, 1.82) is 0 Å². The predicted octanol–water partition coefficient (Wildman–Crippen LogP) is 1.67. The molecule has 3 nitrogen and oxygen atoms in total. The first-order valence-electron chi connectivity index (χ1n) is 6.56. The van der Waals surface area contributed by atoms with Crippen molar-refractivity contribution in [3.63, 3.8) is 0 Å². The molecule has 16 heavy (non-hydrogen) atoms. The predicted molar refractivity (Wildman–Crippen MR) is 64.8 cm³/mol. The summed E-state index contributed by atoms with van der Waals surface area (Å²) in [5.74, 6) is 1.51. The molecule has 0 aliphatic heterocycles. The van der Waals surface area contributed by atoms with E-state index in [1.165, 1.54) is 12.8 Å². The van der Waals surface area contributed by atoms with Crippen LogP contribution in [0.3, 0.4) is 0 Å². The van der Waals surface area contributed by atoms with E-state index in [1.54, 1.807) is 0 Å². The van der Waals surface area contributed by atoms with Crippen LogP contribution in [0.5, 0.6) is 0 Å². The summed E-state index contributed by atoms with van der Waals surface area (Å²) in [6.07, 6.45) is 5.83. The van der Waals surface area contributed by atoms with Gasteiger partial charge in [-0.25, -0.2) is 0 Å². The van der Waals surface area contributed by atoms with E-state index >= 15 is 0 Å². The van der Waals surface area contributed by atoms with Crippen molar-refractivity contribution in [2.75, 3.05) is 6.54 Å². The number of nitrogens with two attached hydrogens (primary N) is 1. The average molecular weight is 224 g/mol. The van der Waals surface area contributed by atoms with Gasteiger partial charge in [0.1, 0.15) is 0 Å². The van der Waals surface area contributed by atoms with Crippen molar-refractivity contribution in [2.24, 2.45) is 23.5 Å². The van der Waals surface area contributed by atoms with Crippen LogP contribution in [0.1, 0.15) is 46.0 Å². The Morgan fingerprint density at radius 3 is 2.56 bits per heavy atom. The molecule has 2 fully saturated rings. The third kappa shape index (κ3) is 2.40. The summed E-state index contributed by atoms with van der Waals surface area (Å²) in [4.78, 5) is 12.2. The van der Waals surface area contributed by atoms with Gasteiger partial charge in [0, 0.05) is 11.5 Å². The normalized spacial score (nSPS) is 30.4. The summed E-state index contributed by atoms with van der Waals surface area (Å²) in [5, 5.41) is 3.23. The number of hydrogen-bond donors (Lipinski definition) is 2. The first-order chi connectivity index (χ1) is 7.54. The highest BCUT2D eigenvalue weighted by molar-refractivity contribution is 5.80. The van der Waals surface area contributed by atoms with Gasteiger partial charge < -0.3 is 11.1 Å². The molecule has 0 radical (unpaired) electrons. The van der Waals surface area contributed by atoms with Gasteiger partial charge in [-0.2, -0.15) is 0 Å². The van der Waals surface area contributed by atoms with Crippen LogP contribution in [0.4, 0.5) is 0 Å². The van der Waals surface area contributed by atoms with Crippen molar-refractivity contribution in [1.82, 2.24) is 5.32 Å². The lowest BCUT2D eigenvalue weighted by atomic mass is 9.92. The molecular weight excluding hydrogens is 200 g/mol. The molecule has 0 aromatic rings. The Balaban J connectivity index is 1.91. The van der Waals surface area contributed by atoms with Gasteiger partial charge in [-0.3, -0.25) is 4.79 Å². The molecule has 0 spiro atoms. The van der Waals surface area contributed by atoms with Gasteiger partial charge >= 0.3 is 0 Å². The Labute approximate surface area is 98.2 Å². The van der Waals surface area contributed by atoms with Crippen LogP contribution < -0.4 is 11.1 Å². The maximum atomic E-state index is 12.2. The Morgan fingerprint density at radius 2 is 2.00 bits per heavy atom. The van der Waals surface area contributed by atoms with Crippen LogP contribution in [0.25, 0.3) is 0 Å². The topological polar surface area (TPSA) is 55.1 Å². The Kier molecular flexibility index (Phi) is 3.24. The summed E-state index contributed by atoms with van der Waals surface area (Å²) >= 11 is 0. The van der Waals surface area contributed by atoms with Crippen LogP contribution in [-0.2, 0) is 4.79 Å². The molecule has 2 atom stereocenters. The minimum Gasteiger partial charge on any atom is -0.351 e. The monoisotopic (exact) mass is 224 g/mol. The van der Waals surface area contributed by atoms with Crippen LogP contribution in [0, 0.1) is 17.8 Å². The van der Waals surface area contributed by atoms with E-state index < -0.39 is 0 Å². The minimum absolute atomic E-state index is 0.0151. The van der Waals surface area contributed by atoms with Crippen LogP contribution in [-0.4, -0.2) is 18.0 Å². The molecule has 2 saturated carbocycles. The zero-order valence-corrected chi connectivity index (χ0v) is 10.5. The smallest absolute Gasteiger partial charge is 0.223 e. The number of rotatable bonds is 4. The maximum Gasteiger partial charge on any atom is 0.223 e. The third-order valence-electron chi connectivity index (χ3n) is 4.34. The SMILES string of the molecule is CC(C)(NC(=O)C1CCCC1CN)C1CC1. The van der Waals surface area contributed by atoms with E-state index in [1.807, 2.05) is 0 Å². The fourth-order valence-electron chi connectivity index (χ4n) is 2.98. The molecule has 2 rings (SSSR count). The van der Waals surface area contributed by atoms with Gasteiger partial charge in [0.05, 0.1) is 0 Å². The van der Waals surface area contributed by atoms with Gasteiger partial charge in [0.15, 0.2) is 0 Å². The second-order valence-corrected chi connectivity index (χ2v) is 6.02. The molecule has 2 aliphatic carbocycles. The van der Waals surface area contributed by atoms with Crippen molar-refractivity contribution in [2.45, 2.75) is 51.5 Å². The standard InChI is InChI=1S/C13H24N2O/c1-13(2,10-6-7-10)15-12(16)11-5-3-4-9(11)8-14/h9-11H,3-8,14H2,1-2H3,(H,15,16). The molecule has 0 aromatic heterocycles. The van der Waals surface area contributed by atoms with E-state index in [0.29, 0.717) is 18.4 Å². The molecule has 92 valence electrons. The van der Waals surface area contributed by atoms with E-state index in [0.717, 1.165) is 19.3 Å². The summed E-state index contributed by atoms with van der Waals surface area (Å²) in [6, 6.07) is 0. The highest BCUT2D eigenvalue weighted by Gasteiger charge is 2.41.